The Bertz CT molecular complexity index is 284. The second-order valence-electron chi connectivity index (χ2n) is 6.18. The largest absolute Gasteiger partial charge is 0.379 e. The maximum atomic E-state index is 12.0. The van der Waals surface area contributed by atoms with E-state index in [4.69, 9.17) is 10.5 Å². The molecule has 5 nitrogen and oxygen atoms in total. The fourth-order valence-corrected chi connectivity index (χ4v) is 1.91. The van der Waals surface area contributed by atoms with Gasteiger partial charge in [0, 0.05) is 31.7 Å². The molecule has 0 aromatic rings. The van der Waals surface area contributed by atoms with Crippen molar-refractivity contribution in [1.82, 2.24) is 10.2 Å². The predicted molar refractivity (Wildman–Crippen MR) is 72.3 cm³/mol. The summed E-state index contributed by atoms with van der Waals surface area (Å²) in [4.78, 5) is 14.3. The smallest absolute Gasteiger partial charge is 0.226 e. The first kappa shape index (κ1) is 15.4. The number of morpholine rings is 1. The van der Waals surface area contributed by atoms with Crippen LogP contribution in [0.25, 0.3) is 0 Å². The van der Waals surface area contributed by atoms with Gasteiger partial charge in [-0.05, 0) is 27.7 Å². The lowest BCUT2D eigenvalue weighted by Crippen LogP contribution is -2.56. The summed E-state index contributed by atoms with van der Waals surface area (Å²) < 4.78 is 5.35. The number of carbonyl (C=O) groups excluding carboxylic acids is 1. The van der Waals surface area contributed by atoms with Crippen LogP contribution >= 0.6 is 0 Å². The van der Waals surface area contributed by atoms with Gasteiger partial charge in [-0.2, -0.15) is 0 Å². The van der Waals surface area contributed by atoms with E-state index in [2.05, 4.69) is 24.1 Å². The van der Waals surface area contributed by atoms with E-state index in [1.54, 1.807) is 0 Å². The molecule has 1 rings (SSSR count). The summed E-state index contributed by atoms with van der Waals surface area (Å²) in [5.41, 5.74) is 5.05. The van der Waals surface area contributed by atoms with Crippen LogP contribution in [0.5, 0.6) is 0 Å². The fourth-order valence-electron chi connectivity index (χ4n) is 1.91. The Kier molecular flexibility index (Phi) is 5.13. The molecular formula is C13H27N3O2. The lowest BCUT2D eigenvalue weighted by atomic mass is 9.92. The third kappa shape index (κ3) is 3.93. The van der Waals surface area contributed by atoms with Crippen LogP contribution in [0.3, 0.4) is 0 Å². The van der Waals surface area contributed by atoms with Gasteiger partial charge in [0.05, 0.1) is 18.6 Å². The summed E-state index contributed by atoms with van der Waals surface area (Å²) >= 11 is 0. The van der Waals surface area contributed by atoms with Crippen molar-refractivity contribution in [2.75, 3.05) is 39.4 Å². The van der Waals surface area contributed by atoms with E-state index in [-0.39, 0.29) is 11.4 Å². The molecule has 1 aliphatic heterocycles. The number of nitrogens with one attached hydrogen (secondary N) is 1. The Morgan fingerprint density at radius 2 is 1.83 bits per heavy atom. The second kappa shape index (κ2) is 5.99. The van der Waals surface area contributed by atoms with Gasteiger partial charge in [0.25, 0.3) is 0 Å². The number of nitrogens with two attached hydrogens (primary N) is 1. The maximum Gasteiger partial charge on any atom is 0.226 e. The predicted octanol–water partition coefficient (Wildman–Crippen LogP) is 0.198. The molecule has 18 heavy (non-hydrogen) atoms. The van der Waals surface area contributed by atoms with Crippen molar-refractivity contribution in [2.24, 2.45) is 11.1 Å². The van der Waals surface area contributed by atoms with Crippen molar-refractivity contribution in [1.29, 1.82) is 0 Å². The van der Waals surface area contributed by atoms with E-state index in [0.717, 1.165) is 26.3 Å². The van der Waals surface area contributed by atoms with Gasteiger partial charge in [0.1, 0.15) is 0 Å². The molecule has 1 aliphatic rings. The van der Waals surface area contributed by atoms with Crippen LogP contribution in [0.2, 0.25) is 0 Å². The molecule has 0 saturated carbocycles. The van der Waals surface area contributed by atoms with E-state index in [1.807, 2.05) is 13.8 Å². The van der Waals surface area contributed by atoms with E-state index in [1.165, 1.54) is 0 Å². The molecule has 0 radical (unpaired) electrons. The molecule has 0 aliphatic carbocycles. The average molecular weight is 257 g/mol. The van der Waals surface area contributed by atoms with E-state index >= 15 is 0 Å². The summed E-state index contributed by atoms with van der Waals surface area (Å²) in [7, 11) is 0. The number of rotatable bonds is 5. The zero-order chi connectivity index (χ0) is 13.8. The molecule has 0 spiro atoms. The van der Waals surface area contributed by atoms with Crippen molar-refractivity contribution < 1.29 is 9.53 Å². The van der Waals surface area contributed by atoms with Gasteiger partial charge < -0.3 is 15.8 Å². The van der Waals surface area contributed by atoms with E-state index < -0.39 is 5.41 Å². The Hall–Kier alpha value is -0.650. The molecular weight excluding hydrogens is 230 g/mol. The summed E-state index contributed by atoms with van der Waals surface area (Å²) in [5, 5.41) is 3.01. The Labute approximate surface area is 110 Å². The Morgan fingerprint density at radius 1 is 1.28 bits per heavy atom. The van der Waals surface area contributed by atoms with Gasteiger partial charge >= 0.3 is 0 Å². The van der Waals surface area contributed by atoms with E-state index in [9.17, 15) is 4.79 Å². The topological polar surface area (TPSA) is 67.6 Å². The Morgan fingerprint density at radius 3 is 2.33 bits per heavy atom. The molecule has 0 aromatic carbocycles. The summed E-state index contributed by atoms with van der Waals surface area (Å²) in [6.07, 6.45) is 0. The number of nitrogens with zero attached hydrogens (tertiary/aromatic N) is 1. The zero-order valence-electron chi connectivity index (χ0n) is 12.1. The molecule has 0 bridgehead atoms. The lowest BCUT2D eigenvalue weighted by molar-refractivity contribution is -0.129. The van der Waals surface area contributed by atoms with Crippen molar-refractivity contribution in [2.45, 2.75) is 33.2 Å². The number of carbonyl (C=O) groups is 1. The van der Waals surface area contributed by atoms with Crippen LogP contribution in [0.1, 0.15) is 27.7 Å². The fraction of sp³-hybridized carbons (Fsp3) is 0.923. The van der Waals surface area contributed by atoms with E-state index in [0.29, 0.717) is 13.1 Å². The minimum atomic E-state index is -0.499. The molecule has 1 fully saturated rings. The van der Waals surface area contributed by atoms with Gasteiger partial charge in [-0.3, -0.25) is 9.69 Å². The third-order valence-electron chi connectivity index (χ3n) is 3.67. The van der Waals surface area contributed by atoms with Crippen molar-refractivity contribution in [3.8, 4) is 0 Å². The molecule has 3 N–H and O–H groups in total. The molecule has 0 atom stereocenters. The molecule has 1 heterocycles. The van der Waals surface area contributed by atoms with Crippen LogP contribution in [0.4, 0.5) is 0 Å². The first-order valence-electron chi connectivity index (χ1n) is 6.61. The highest BCUT2D eigenvalue weighted by Gasteiger charge is 2.31. The SMILES string of the molecule is CC(C)(CN)C(=O)NCC(C)(C)N1CCOCC1. The molecule has 0 aromatic heterocycles. The van der Waals surface area contributed by atoms with Crippen molar-refractivity contribution >= 4 is 5.91 Å². The van der Waals surface area contributed by atoms with Crippen LogP contribution in [0, 0.1) is 5.41 Å². The van der Waals surface area contributed by atoms with Crippen LogP contribution in [-0.2, 0) is 9.53 Å². The first-order valence-corrected chi connectivity index (χ1v) is 6.61. The second-order valence-corrected chi connectivity index (χ2v) is 6.18. The standard InChI is InChI=1S/C13H27N3O2/c1-12(2,9-14)11(17)15-10-13(3,4)16-5-7-18-8-6-16/h5-10,14H2,1-4H3,(H,15,17). The Balaban J connectivity index is 2.48. The normalized spacial score (nSPS) is 18.7. The molecule has 0 unspecified atom stereocenters. The summed E-state index contributed by atoms with van der Waals surface area (Å²) in [6.45, 7) is 12.4. The highest BCUT2D eigenvalue weighted by atomic mass is 16.5. The van der Waals surface area contributed by atoms with Gasteiger partial charge in [-0.15, -0.1) is 0 Å². The minimum Gasteiger partial charge on any atom is -0.379 e. The van der Waals surface area contributed by atoms with Gasteiger partial charge in [0.2, 0.25) is 5.91 Å². The first-order chi connectivity index (χ1) is 8.29. The zero-order valence-corrected chi connectivity index (χ0v) is 12.1. The monoisotopic (exact) mass is 257 g/mol. The maximum absolute atomic E-state index is 12.0. The number of amides is 1. The quantitative estimate of drug-likeness (QED) is 0.738. The molecule has 5 heteroatoms. The highest BCUT2D eigenvalue weighted by Crippen LogP contribution is 2.17. The number of ether oxygens (including phenoxy) is 1. The van der Waals surface area contributed by atoms with Crippen molar-refractivity contribution in [3.63, 3.8) is 0 Å². The van der Waals surface area contributed by atoms with Crippen LogP contribution in [0.15, 0.2) is 0 Å². The molecule has 1 saturated heterocycles. The number of hydrogen-bond donors (Lipinski definition) is 2. The van der Waals surface area contributed by atoms with Gasteiger partial charge in [-0.25, -0.2) is 0 Å². The lowest BCUT2D eigenvalue weighted by Gasteiger charge is -2.41. The van der Waals surface area contributed by atoms with Crippen LogP contribution in [-0.4, -0.2) is 55.7 Å². The summed E-state index contributed by atoms with van der Waals surface area (Å²) in [6, 6.07) is 0. The van der Waals surface area contributed by atoms with Crippen LogP contribution < -0.4 is 11.1 Å². The third-order valence-corrected chi connectivity index (χ3v) is 3.67. The number of hydrogen-bond acceptors (Lipinski definition) is 4. The highest BCUT2D eigenvalue weighted by molar-refractivity contribution is 5.82. The minimum absolute atomic E-state index is 0.0198. The van der Waals surface area contributed by atoms with Crippen molar-refractivity contribution in [3.05, 3.63) is 0 Å². The average Bonchev–Trinajstić information content (AvgIpc) is 2.37. The summed E-state index contributed by atoms with van der Waals surface area (Å²) in [5.74, 6) is 0.0198. The van der Waals surface area contributed by atoms with Gasteiger partial charge in [0.15, 0.2) is 0 Å². The van der Waals surface area contributed by atoms with Gasteiger partial charge in [-0.1, -0.05) is 0 Å². The molecule has 1 amide bonds. The molecule has 106 valence electrons.